The van der Waals surface area contributed by atoms with Gasteiger partial charge in [-0.3, -0.25) is 9.48 Å². The van der Waals surface area contributed by atoms with Crippen LogP contribution >= 0.6 is 0 Å². The Hall–Kier alpha value is -1.89. The van der Waals surface area contributed by atoms with Crippen LogP contribution in [0.15, 0.2) is 12.3 Å². The SMILES string of the molecule is CCCN1C(=O)COC(C(=O)O)C1c1ccnn1CCC. The minimum atomic E-state index is -1.06. The Morgan fingerprint density at radius 2 is 2.14 bits per heavy atom. The van der Waals surface area contributed by atoms with E-state index in [-0.39, 0.29) is 12.5 Å². The monoisotopic (exact) mass is 295 g/mol. The zero-order valence-corrected chi connectivity index (χ0v) is 12.4. The number of carbonyl (C=O) groups is 2. The van der Waals surface area contributed by atoms with Crippen LogP contribution in [-0.2, 0) is 20.9 Å². The summed E-state index contributed by atoms with van der Waals surface area (Å²) in [6.07, 6.45) is 2.22. The predicted molar refractivity (Wildman–Crippen MR) is 74.6 cm³/mol. The third-order valence-electron chi connectivity index (χ3n) is 3.52. The average Bonchev–Trinajstić information content (AvgIpc) is 2.89. The lowest BCUT2D eigenvalue weighted by molar-refractivity contribution is -0.173. The first kappa shape index (κ1) is 15.5. The molecule has 1 saturated heterocycles. The number of hydrogen-bond acceptors (Lipinski definition) is 4. The molecule has 0 spiro atoms. The summed E-state index contributed by atoms with van der Waals surface area (Å²) < 4.78 is 7.02. The van der Waals surface area contributed by atoms with Gasteiger partial charge in [0, 0.05) is 19.3 Å². The number of morpholine rings is 1. The molecule has 21 heavy (non-hydrogen) atoms. The molecule has 7 heteroatoms. The fourth-order valence-electron chi connectivity index (χ4n) is 2.67. The number of carbonyl (C=O) groups excluding carboxylic acids is 1. The van der Waals surface area contributed by atoms with Crippen LogP contribution < -0.4 is 0 Å². The van der Waals surface area contributed by atoms with Crippen molar-refractivity contribution in [3.63, 3.8) is 0 Å². The number of aliphatic carboxylic acids is 1. The fourth-order valence-corrected chi connectivity index (χ4v) is 2.67. The first-order chi connectivity index (χ1) is 10.1. The first-order valence-electron chi connectivity index (χ1n) is 7.25. The molecule has 1 aliphatic rings. The van der Waals surface area contributed by atoms with Crippen molar-refractivity contribution in [2.75, 3.05) is 13.2 Å². The van der Waals surface area contributed by atoms with Gasteiger partial charge in [0.1, 0.15) is 12.6 Å². The summed E-state index contributed by atoms with van der Waals surface area (Å²) >= 11 is 0. The Morgan fingerprint density at radius 1 is 1.43 bits per heavy atom. The second kappa shape index (κ2) is 6.71. The van der Waals surface area contributed by atoms with Crippen molar-refractivity contribution < 1.29 is 19.4 Å². The van der Waals surface area contributed by atoms with Crippen molar-refractivity contribution >= 4 is 11.9 Å². The van der Waals surface area contributed by atoms with Crippen LogP contribution in [0.25, 0.3) is 0 Å². The van der Waals surface area contributed by atoms with Gasteiger partial charge in [0.15, 0.2) is 6.10 Å². The van der Waals surface area contributed by atoms with Crippen LogP contribution in [0.2, 0.25) is 0 Å². The molecule has 0 aromatic carbocycles. The van der Waals surface area contributed by atoms with E-state index in [1.54, 1.807) is 21.8 Å². The van der Waals surface area contributed by atoms with Gasteiger partial charge < -0.3 is 14.7 Å². The fraction of sp³-hybridized carbons (Fsp3) is 0.643. The van der Waals surface area contributed by atoms with E-state index in [2.05, 4.69) is 5.10 Å². The Labute approximate surface area is 123 Å². The Bertz CT molecular complexity index is 514. The van der Waals surface area contributed by atoms with E-state index in [0.29, 0.717) is 18.8 Å². The van der Waals surface area contributed by atoms with E-state index < -0.39 is 18.1 Å². The number of amides is 1. The zero-order chi connectivity index (χ0) is 15.4. The Kier molecular flexibility index (Phi) is 4.95. The van der Waals surface area contributed by atoms with Crippen molar-refractivity contribution in [2.24, 2.45) is 0 Å². The molecular formula is C14H21N3O4. The van der Waals surface area contributed by atoms with Crippen molar-refractivity contribution in [3.05, 3.63) is 18.0 Å². The second-order valence-corrected chi connectivity index (χ2v) is 5.08. The number of aromatic nitrogens is 2. The maximum absolute atomic E-state index is 12.1. The van der Waals surface area contributed by atoms with E-state index in [0.717, 1.165) is 12.8 Å². The lowest BCUT2D eigenvalue weighted by atomic mass is 10.0. The topological polar surface area (TPSA) is 84.7 Å². The first-order valence-corrected chi connectivity index (χ1v) is 7.25. The van der Waals surface area contributed by atoms with Crippen molar-refractivity contribution in [2.45, 2.75) is 45.4 Å². The summed E-state index contributed by atoms with van der Waals surface area (Å²) in [5.41, 5.74) is 0.714. The smallest absolute Gasteiger partial charge is 0.335 e. The molecule has 1 N–H and O–H groups in total. The Balaban J connectivity index is 2.41. The number of nitrogens with zero attached hydrogens (tertiary/aromatic N) is 3. The number of rotatable bonds is 6. The molecule has 2 atom stereocenters. The standard InChI is InChI=1S/C14H21N3O4/c1-3-7-16-11(18)9-21-13(14(19)20)12(16)10-5-6-15-17(10)8-4-2/h5-6,12-13H,3-4,7-9H2,1-2H3,(H,19,20). The van der Waals surface area contributed by atoms with E-state index in [9.17, 15) is 14.7 Å². The summed E-state index contributed by atoms with van der Waals surface area (Å²) in [4.78, 5) is 25.2. The number of carboxylic acid groups (broad SMARTS) is 1. The van der Waals surface area contributed by atoms with Crippen molar-refractivity contribution in [3.8, 4) is 0 Å². The summed E-state index contributed by atoms with van der Waals surface area (Å²) in [5, 5.41) is 13.6. The van der Waals surface area contributed by atoms with Gasteiger partial charge in [0.05, 0.1) is 5.69 Å². The molecular weight excluding hydrogens is 274 g/mol. The van der Waals surface area contributed by atoms with Gasteiger partial charge in [-0.2, -0.15) is 5.10 Å². The van der Waals surface area contributed by atoms with E-state index in [1.165, 1.54) is 0 Å². The van der Waals surface area contributed by atoms with Crippen molar-refractivity contribution in [1.82, 2.24) is 14.7 Å². The van der Waals surface area contributed by atoms with Gasteiger partial charge in [-0.05, 0) is 18.9 Å². The Morgan fingerprint density at radius 3 is 2.76 bits per heavy atom. The van der Waals surface area contributed by atoms with Crippen LogP contribution in [0.5, 0.6) is 0 Å². The van der Waals surface area contributed by atoms with Crippen LogP contribution in [0.1, 0.15) is 38.4 Å². The van der Waals surface area contributed by atoms with Crippen LogP contribution in [-0.4, -0.2) is 50.9 Å². The molecule has 7 nitrogen and oxygen atoms in total. The summed E-state index contributed by atoms with van der Waals surface area (Å²) in [7, 11) is 0. The highest BCUT2D eigenvalue weighted by molar-refractivity contribution is 5.82. The minimum absolute atomic E-state index is 0.177. The maximum Gasteiger partial charge on any atom is 0.335 e. The quantitative estimate of drug-likeness (QED) is 0.848. The third kappa shape index (κ3) is 3.07. The van der Waals surface area contributed by atoms with Crippen LogP contribution in [0.4, 0.5) is 0 Å². The molecule has 2 heterocycles. The molecule has 0 bridgehead atoms. The van der Waals surface area contributed by atoms with Crippen molar-refractivity contribution in [1.29, 1.82) is 0 Å². The molecule has 0 aliphatic carbocycles. The largest absolute Gasteiger partial charge is 0.479 e. The lowest BCUT2D eigenvalue weighted by Crippen LogP contribution is -2.52. The summed E-state index contributed by atoms with van der Waals surface area (Å²) in [6, 6.07) is 1.14. The summed E-state index contributed by atoms with van der Waals surface area (Å²) in [6.45, 7) is 4.98. The normalized spacial score (nSPS) is 22.6. The number of aryl methyl sites for hydroxylation is 1. The molecule has 116 valence electrons. The molecule has 1 aliphatic heterocycles. The van der Waals surface area contributed by atoms with Gasteiger partial charge in [-0.25, -0.2) is 4.79 Å². The van der Waals surface area contributed by atoms with Gasteiger partial charge in [0.25, 0.3) is 0 Å². The van der Waals surface area contributed by atoms with Gasteiger partial charge in [0.2, 0.25) is 5.91 Å². The molecule has 1 fully saturated rings. The highest BCUT2D eigenvalue weighted by Crippen LogP contribution is 2.30. The van der Waals surface area contributed by atoms with Crippen LogP contribution in [0.3, 0.4) is 0 Å². The van der Waals surface area contributed by atoms with E-state index >= 15 is 0 Å². The van der Waals surface area contributed by atoms with E-state index in [4.69, 9.17) is 4.74 Å². The highest BCUT2D eigenvalue weighted by Gasteiger charge is 2.42. The number of ether oxygens (including phenoxy) is 1. The number of hydrogen-bond donors (Lipinski definition) is 1. The molecule has 1 amide bonds. The minimum Gasteiger partial charge on any atom is -0.479 e. The number of carboxylic acids is 1. The average molecular weight is 295 g/mol. The predicted octanol–water partition coefficient (Wildman–Crippen LogP) is 1.06. The van der Waals surface area contributed by atoms with E-state index in [1.807, 2.05) is 13.8 Å². The van der Waals surface area contributed by atoms with Crippen LogP contribution in [0, 0.1) is 0 Å². The second-order valence-electron chi connectivity index (χ2n) is 5.08. The zero-order valence-electron chi connectivity index (χ0n) is 12.4. The van der Waals surface area contributed by atoms with Gasteiger partial charge >= 0.3 is 5.97 Å². The highest BCUT2D eigenvalue weighted by atomic mass is 16.5. The van der Waals surface area contributed by atoms with Gasteiger partial charge in [-0.15, -0.1) is 0 Å². The lowest BCUT2D eigenvalue weighted by Gasteiger charge is -2.39. The van der Waals surface area contributed by atoms with Gasteiger partial charge in [-0.1, -0.05) is 13.8 Å². The molecule has 2 unspecified atom stereocenters. The maximum atomic E-state index is 12.1. The molecule has 0 saturated carbocycles. The third-order valence-corrected chi connectivity index (χ3v) is 3.52. The molecule has 1 aromatic rings. The molecule has 2 rings (SSSR count). The summed E-state index contributed by atoms with van der Waals surface area (Å²) in [5.74, 6) is -1.23. The molecule has 1 aromatic heterocycles. The molecule has 0 radical (unpaired) electrons.